The molecule has 0 radical (unpaired) electrons. The van der Waals surface area contributed by atoms with Crippen LogP contribution < -0.4 is 0 Å². The van der Waals surface area contributed by atoms with Crippen molar-refractivity contribution >= 4 is 27.5 Å². The number of aromatic nitrogens is 4. The lowest BCUT2D eigenvalue weighted by Crippen LogP contribution is -2.10. The molecule has 0 aliphatic heterocycles. The van der Waals surface area contributed by atoms with Gasteiger partial charge in [0, 0.05) is 46.2 Å². The molecule has 3 heterocycles. The van der Waals surface area contributed by atoms with Gasteiger partial charge in [0.05, 0.1) is 11.9 Å². The van der Waals surface area contributed by atoms with E-state index >= 15 is 0 Å². The minimum atomic E-state index is 0.715. The van der Waals surface area contributed by atoms with Crippen molar-refractivity contribution in [2.75, 3.05) is 0 Å². The van der Waals surface area contributed by atoms with Crippen molar-refractivity contribution in [1.82, 2.24) is 19.2 Å². The van der Waals surface area contributed by atoms with Crippen LogP contribution in [-0.2, 0) is 6.54 Å². The smallest absolute Gasteiger partial charge is 0.155 e. The summed E-state index contributed by atoms with van der Waals surface area (Å²) >= 11 is 0. The standard InChI is InChI=1S/C26H28N4/c1-3-5-8-19(4-2)18-29-24-10-7-6-9-21(24)22-17-20(11-12-25(22)29)23-13-15-27-26-14-16-28-30(23)26/h6-7,9-17,19H,3-5,8,18H2,1-2H3. The first-order chi connectivity index (χ1) is 14.8. The van der Waals surface area contributed by atoms with E-state index in [-0.39, 0.29) is 0 Å². The molecule has 0 aliphatic carbocycles. The number of benzene rings is 2. The predicted molar refractivity (Wildman–Crippen MR) is 125 cm³/mol. The van der Waals surface area contributed by atoms with Gasteiger partial charge in [-0.2, -0.15) is 5.10 Å². The molecule has 152 valence electrons. The van der Waals surface area contributed by atoms with Crippen LogP contribution in [0.3, 0.4) is 0 Å². The fraction of sp³-hybridized carbons (Fsp3) is 0.308. The maximum Gasteiger partial charge on any atom is 0.155 e. The van der Waals surface area contributed by atoms with Crippen molar-refractivity contribution in [1.29, 1.82) is 0 Å². The molecule has 0 amide bonds. The van der Waals surface area contributed by atoms with E-state index in [1.54, 1.807) is 6.20 Å². The highest BCUT2D eigenvalue weighted by molar-refractivity contribution is 6.09. The average Bonchev–Trinajstić information content (AvgIpc) is 3.39. The normalized spacial score (nSPS) is 12.9. The van der Waals surface area contributed by atoms with Gasteiger partial charge in [0.15, 0.2) is 5.65 Å². The maximum atomic E-state index is 4.47. The lowest BCUT2D eigenvalue weighted by atomic mass is 9.99. The molecule has 0 saturated heterocycles. The second kappa shape index (κ2) is 7.94. The molecule has 4 nitrogen and oxygen atoms in total. The lowest BCUT2D eigenvalue weighted by Gasteiger charge is -2.17. The van der Waals surface area contributed by atoms with Crippen LogP contribution in [0.1, 0.15) is 39.5 Å². The van der Waals surface area contributed by atoms with E-state index in [0.717, 1.165) is 17.9 Å². The number of para-hydroxylation sites is 1. The SMILES string of the molecule is CCCCC(CC)Cn1c2ccccc2c2cc(-c3ccnc4ccnn34)ccc21. The van der Waals surface area contributed by atoms with E-state index in [1.165, 1.54) is 53.1 Å². The summed E-state index contributed by atoms with van der Waals surface area (Å²) in [5.74, 6) is 0.715. The first kappa shape index (κ1) is 18.9. The van der Waals surface area contributed by atoms with Crippen LogP contribution in [0.15, 0.2) is 67.0 Å². The minimum absolute atomic E-state index is 0.715. The third-order valence-electron chi connectivity index (χ3n) is 6.34. The van der Waals surface area contributed by atoms with Crippen LogP contribution in [-0.4, -0.2) is 19.2 Å². The zero-order valence-corrected chi connectivity index (χ0v) is 17.8. The first-order valence-corrected chi connectivity index (χ1v) is 11.1. The number of nitrogens with zero attached hydrogens (tertiary/aromatic N) is 4. The number of hydrogen-bond donors (Lipinski definition) is 0. The van der Waals surface area contributed by atoms with Gasteiger partial charge in [-0.25, -0.2) is 9.50 Å². The van der Waals surface area contributed by atoms with Crippen molar-refractivity contribution in [3.8, 4) is 11.3 Å². The van der Waals surface area contributed by atoms with E-state index in [1.807, 2.05) is 22.8 Å². The van der Waals surface area contributed by atoms with Gasteiger partial charge in [0.1, 0.15) is 0 Å². The summed E-state index contributed by atoms with van der Waals surface area (Å²) in [4.78, 5) is 4.41. The largest absolute Gasteiger partial charge is 0.340 e. The van der Waals surface area contributed by atoms with Gasteiger partial charge < -0.3 is 4.57 Å². The van der Waals surface area contributed by atoms with E-state index in [0.29, 0.717) is 5.92 Å². The lowest BCUT2D eigenvalue weighted by molar-refractivity contribution is 0.401. The fourth-order valence-electron chi connectivity index (χ4n) is 4.64. The van der Waals surface area contributed by atoms with E-state index in [2.05, 4.69) is 71.0 Å². The van der Waals surface area contributed by atoms with Crippen molar-refractivity contribution in [3.05, 3.63) is 67.0 Å². The Hall–Kier alpha value is -3.14. The molecule has 4 heteroatoms. The van der Waals surface area contributed by atoms with E-state index in [4.69, 9.17) is 0 Å². The molecule has 0 fully saturated rings. The molecule has 0 saturated carbocycles. The van der Waals surface area contributed by atoms with Crippen LogP contribution in [0.25, 0.3) is 38.7 Å². The Morgan fingerprint density at radius 3 is 2.63 bits per heavy atom. The molecule has 0 N–H and O–H groups in total. The Balaban J connectivity index is 1.66. The van der Waals surface area contributed by atoms with Crippen molar-refractivity contribution < 1.29 is 0 Å². The molecule has 1 atom stereocenters. The van der Waals surface area contributed by atoms with Gasteiger partial charge >= 0.3 is 0 Å². The molecule has 30 heavy (non-hydrogen) atoms. The second-order valence-corrected chi connectivity index (χ2v) is 8.21. The van der Waals surface area contributed by atoms with Crippen LogP contribution in [0.5, 0.6) is 0 Å². The quantitative estimate of drug-likeness (QED) is 0.306. The predicted octanol–water partition coefficient (Wildman–Crippen LogP) is 6.72. The number of unbranched alkanes of at least 4 members (excludes halogenated alkanes) is 1. The summed E-state index contributed by atoms with van der Waals surface area (Å²) in [6, 6.07) is 19.6. The number of hydrogen-bond acceptors (Lipinski definition) is 2. The van der Waals surface area contributed by atoms with Gasteiger partial charge in [-0.3, -0.25) is 0 Å². The van der Waals surface area contributed by atoms with E-state index in [9.17, 15) is 0 Å². The molecular formula is C26H28N4. The highest BCUT2D eigenvalue weighted by Crippen LogP contribution is 2.34. The summed E-state index contributed by atoms with van der Waals surface area (Å²) in [6.07, 6.45) is 8.76. The highest BCUT2D eigenvalue weighted by atomic mass is 15.2. The monoisotopic (exact) mass is 396 g/mol. The van der Waals surface area contributed by atoms with Gasteiger partial charge in [-0.15, -0.1) is 0 Å². The Morgan fingerprint density at radius 1 is 0.900 bits per heavy atom. The summed E-state index contributed by atoms with van der Waals surface area (Å²) in [5, 5.41) is 7.11. The van der Waals surface area contributed by atoms with Gasteiger partial charge in [0.2, 0.25) is 0 Å². The Labute approximate surface area is 177 Å². The fourth-order valence-corrected chi connectivity index (χ4v) is 4.64. The van der Waals surface area contributed by atoms with Crippen LogP contribution >= 0.6 is 0 Å². The first-order valence-electron chi connectivity index (χ1n) is 11.1. The molecular weight excluding hydrogens is 368 g/mol. The summed E-state index contributed by atoms with van der Waals surface area (Å²) in [6.45, 7) is 5.69. The summed E-state index contributed by atoms with van der Waals surface area (Å²) in [7, 11) is 0. The summed E-state index contributed by atoms with van der Waals surface area (Å²) in [5.41, 5.74) is 5.76. The maximum absolute atomic E-state index is 4.47. The highest BCUT2D eigenvalue weighted by Gasteiger charge is 2.15. The van der Waals surface area contributed by atoms with Crippen molar-refractivity contribution in [2.24, 2.45) is 5.92 Å². The Kier molecular flexibility index (Phi) is 4.99. The van der Waals surface area contributed by atoms with Gasteiger partial charge in [0.25, 0.3) is 0 Å². The Morgan fingerprint density at radius 2 is 1.77 bits per heavy atom. The number of fused-ring (bicyclic) bond motifs is 4. The molecule has 1 unspecified atom stereocenters. The Bertz CT molecular complexity index is 1310. The zero-order valence-electron chi connectivity index (χ0n) is 17.8. The van der Waals surface area contributed by atoms with Gasteiger partial charge in [-0.05, 0) is 36.6 Å². The third-order valence-corrected chi connectivity index (χ3v) is 6.34. The van der Waals surface area contributed by atoms with Crippen molar-refractivity contribution in [3.63, 3.8) is 0 Å². The molecule has 3 aromatic heterocycles. The zero-order chi connectivity index (χ0) is 20.5. The molecule has 5 rings (SSSR count). The van der Waals surface area contributed by atoms with Gasteiger partial charge in [-0.1, -0.05) is 57.4 Å². The minimum Gasteiger partial charge on any atom is -0.340 e. The summed E-state index contributed by atoms with van der Waals surface area (Å²) < 4.78 is 4.45. The van der Waals surface area contributed by atoms with Crippen LogP contribution in [0.4, 0.5) is 0 Å². The molecule has 0 aliphatic rings. The molecule has 5 aromatic rings. The topological polar surface area (TPSA) is 35.1 Å². The third kappa shape index (κ3) is 3.17. The molecule has 0 bridgehead atoms. The second-order valence-electron chi connectivity index (χ2n) is 8.21. The van der Waals surface area contributed by atoms with Crippen LogP contribution in [0.2, 0.25) is 0 Å². The molecule has 0 spiro atoms. The van der Waals surface area contributed by atoms with E-state index < -0.39 is 0 Å². The molecule has 2 aromatic carbocycles. The van der Waals surface area contributed by atoms with Crippen molar-refractivity contribution in [2.45, 2.75) is 46.1 Å². The van der Waals surface area contributed by atoms with Crippen LogP contribution in [0, 0.1) is 5.92 Å². The number of rotatable bonds is 7. The average molecular weight is 397 g/mol.